The number of carbonyl (C=O) groups is 3. The number of nitrogens with one attached hydrogen (secondary N) is 1. The highest BCUT2D eigenvalue weighted by Gasteiger charge is 2.33. The van der Waals surface area contributed by atoms with E-state index in [-0.39, 0.29) is 24.3 Å². The average Bonchev–Trinajstić information content (AvgIpc) is 2.83. The van der Waals surface area contributed by atoms with Crippen molar-refractivity contribution in [1.29, 1.82) is 0 Å². The number of rotatable bonds is 4. The minimum absolute atomic E-state index is 0.208. The third-order valence-corrected chi connectivity index (χ3v) is 3.22. The number of amides is 2. The van der Waals surface area contributed by atoms with Crippen LogP contribution in [0, 0.1) is 11.8 Å². The normalized spacial score (nSPS) is 20.2. The molecule has 1 aliphatic heterocycles. The molecule has 0 bridgehead atoms. The maximum Gasteiger partial charge on any atom is 0.326 e. The molecule has 0 saturated carbocycles. The number of carboxylic acids is 1. The predicted molar refractivity (Wildman–Crippen MR) is 66.5 cm³/mol. The van der Waals surface area contributed by atoms with E-state index in [1.807, 2.05) is 0 Å². The summed E-state index contributed by atoms with van der Waals surface area (Å²) in [6.07, 6.45) is 0.541. The summed E-state index contributed by atoms with van der Waals surface area (Å²) in [5.74, 6) is -1.93. The van der Waals surface area contributed by atoms with Crippen molar-refractivity contribution >= 4 is 18.0 Å². The summed E-state index contributed by atoms with van der Waals surface area (Å²) in [5, 5.41) is 11.5. The molecule has 0 aliphatic carbocycles. The molecule has 1 aliphatic rings. The van der Waals surface area contributed by atoms with Gasteiger partial charge in [0.25, 0.3) is 0 Å². The van der Waals surface area contributed by atoms with Crippen molar-refractivity contribution in [2.75, 3.05) is 20.2 Å². The number of carbonyl (C=O) groups excluding carboxylic acids is 2. The van der Waals surface area contributed by atoms with Crippen molar-refractivity contribution in [3.05, 3.63) is 0 Å². The summed E-state index contributed by atoms with van der Waals surface area (Å²) in [7, 11) is 1.31. The molecule has 108 valence electrons. The summed E-state index contributed by atoms with van der Waals surface area (Å²) < 4.78 is 4.63. The van der Waals surface area contributed by atoms with E-state index in [0.717, 1.165) is 0 Å². The Bertz CT molecular complexity index is 369. The third-order valence-electron chi connectivity index (χ3n) is 3.22. The SMILES string of the molecule is COC(=O)C1CCN(C(=O)N[C@@H](C(=O)O)C(C)C)C1. The molecule has 0 aromatic rings. The van der Waals surface area contributed by atoms with Crippen LogP contribution in [-0.2, 0) is 14.3 Å². The van der Waals surface area contributed by atoms with Crippen molar-refractivity contribution in [3.63, 3.8) is 0 Å². The van der Waals surface area contributed by atoms with Gasteiger partial charge in [-0.15, -0.1) is 0 Å². The number of urea groups is 1. The lowest BCUT2D eigenvalue weighted by atomic mass is 10.1. The fraction of sp³-hybridized carbons (Fsp3) is 0.750. The van der Waals surface area contributed by atoms with Crippen molar-refractivity contribution in [1.82, 2.24) is 10.2 Å². The van der Waals surface area contributed by atoms with E-state index in [9.17, 15) is 14.4 Å². The van der Waals surface area contributed by atoms with Gasteiger partial charge in [0.05, 0.1) is 13.0 Å². The standard InChI is InChI=1S/C12H20N2O5/c1-7(2)9(10(15)16)13-12(18)14-5-4-8(6-14)11(17)19-3/h7-9H,4-6H2,1-3H3,(H,13,18)(H,15,16)/t8?,9-/m1/s1. The highest BCUT2D eigenvalue weighted by Crippen LogP contribution is 2.17. The van der Waals surface area contributed by atoms with Gasteiger partial charge in [0.2, 0.25) is 0 Å². The zero-order chi connectivity index (χ0) is 14.6. The Morgan fingerprint density at radius 1 is 1.37 bits per heavy atom. The number of likely N-dealkylation sites (tertiary alicyclic amines) is 1. The van der Waals surface area contributed by atoms with E-state index in [1.54, 1.807) is 13.8 Å². The van der Waals surface area contributed by atoms with Crippen LogP contribution in [0.3, 0.4) is 0 Å². The van der Waals surface area contributed by atoms with Gasteiger partial charge in [-0.05, 0) is 12.3 Å². The lowest BCUT2D eigenvalue weighted by molar-refractivity contribution is -0.145. The maximum absolute atomic E-state index is 11.9. The van der Waals surface area contributed by atoms with Gasteiger partial charge in [-0.2, -0.15) is 0 Å². The Balaban J connectivity index is 2.56. The van der Waals surface area contributed by atoms with E-state index < -0.39 is 18.0 Å². The minimum atomic E-state index is -1.06. The molecule has 1 fully saturated rings. The molecule has 2 N–H and O–H groups in total. The first kappa shape index (κ1) is 15.3. The van der Waals surface area contributed by atoms with E-state index in [1.165, 1.54) is 12.0 Å². The molecule has 2 atom stereocenters. The number of hydrogen-bond donors (Lipinski definition) is 2. The number of nitrogens with zero attached hydrogens (tertiary/aromatic N) is 1. The Labute approximate surface area is 111 Å². The van der Waals surface area contributed by atoms with Gasteiger partial charge in [-0.3, -0.25) is 4.79 Å². The summed E-state index contributed by atoms with van der Waals surface area (Å²) in [5.41, 5.74) is 0. The molecule has 1 rings (SSSR count). The highest BCUT2D eigenvalue weighted by molar-refractivity contribution is 5.83. The molecule has 19 heavy (non-hydrogen) atoms. The lowest BCUT2D eigenvalue weighted by Crippen LogP contribution is -2.49. The Morgan fingerprint density at radius 2 is 2.00 bits per heavy atom. The maximum atomic E-state index is 11.9. The zero-order valence-electron chi connectivity index (χ0n) is 11.4. The van der Waals surface area contributed by atoms with Crippen LogP contribution in [0.15, 0.2) is 0 Å². The number of carboxylic acid groups (broad SMARTS) is 1. The molecule has 0 aromatic heterocycles. The number of aliphatic carboxylic acids is 1. The van der Waals surface area contributed by atoms with Crippen molar-refractivity contribution < 1.29 is 24.2 Å². The molecule has 7 heteroatoms. The van der Waals surface area contributed by atoms with Gasteiger partial charge < -0.3 is 20.1 Å². The van der Waals surface area contributed by atoms with Gasteiger partial charge in [0, 0.05) is 13.1 Å². The van der Waals surface area contributed by atoms with E-state index in [4.69, 9.17) is 5.11 Å². The number of ether oxygens (including phenoxy) is 1. The van der Waals surface area contributed by atoms with Crippen LogP contribution >= 0.6 is 0 Å². The smallest absolute Gasteiger partial charge is 0.326 e. The number of esters is 1. The molecule has 1 heterocycles. The van der Waals surface area contributed by atoms with Crippen LogP contribution in [-0.4, -0.2) is 54.2 Å². The van der Waals surface area contributed by atoms with Crippen molar-refractivity contribution in [3.8, 4) is 0 Å². The molecule has 7 nitrogen and oxygen atoms in total. The van der Waals surface area contributed by atoms with Crippen LogP contribution in [0.4, 0.5) is 4.79 Å². The largest absolute Gasteiger partial charge is 0.480 e. The fourth-order valence-corrected chi connectivity index (χ4v) is 2.04. The van der Waals surface area contributed by atoms with Gasteiger partial charge in [-0.25, -0.2) is 9.59 Å². The molecule has 0 aromatic carbocycles. The molecular formula is C12H20N2O5. The second kappa shape index (κ2) is 6.40. The summed E-state index contributed by atoms with van der Waals surface area (Å²) >= 11 is 0. The highest BCUT2D eigenvalue weighted by atomic mass is 16.5. The molecular weight excluding hydrogens is 252 g/mol. The van der Waals surface area contributed by atoms with E-state index >= 15 is 0 Å². The first-order chi connectivity index (χ1) is 8.86. The Kier molecular flexibility index (Phi) is 5.14. The third kappa shape index (κ3) is 3.84. The second-order valence-corrected chi connectivity index (χ2v) is 4.96. The minimum Gasteiger partial charge on any atom is -0.480 e. The summed E-state index contributed by atoms with van der Waals surface area (Å²) in [6, 6.07) is -1.38. The molecule has 0 radical (unpaired) electrons. The van der Waals surface area contributed by atoms with Crippen LogP contribution in [0.5, 0.6) is 0 Å². The summed E-state index contributed by atoms with van der Waals surface area (Å²) in [4.78, 5) is 35.7. The first-order valence-corrected chi connectivity index (χ1v) is 6.22. The lowest BCUT2D eigenvalue weighted by Gasteiger charge is -2.22. The van der Waals surface area contributed by atoms with Crippen LogP contribution < -0.4 is 5.32 Å². The van der Waals surface area contributed by atoms with E-state index in [2.05, 4.69) is 10.1 Å². The molecule has 2 amide bonds. The topological polar surface area (TPSA) is 95.9 Å². The Hall–Kier alpha value is -1.79. The molecule has 0 spiro atoms. The predicted octanol–water partition coefficient (Wildman–Crippen LogP) is 0.300. The van der Waals surface area contributed by atoms with Gasteiger partial charge in [0.1, 0.15) is 6.04 Å². The van der Waals surface area contributed by atoms with Crippen LogP contribution in [0.1, 0.15) is 20.3 Å². The van der Waals surface area contributed by atoms with E-state index in [0.29, 0.717) is 13.0 Å². The molecule has 1 unspecified atom stereocenters. The average molecular weight is 272 g/mol. The number of hydrogen-bond acceptors (Lipinski definition) is 4. The van der Waals surface area contributed by atoms with Crippen LogP contribution in [0.25, 0.3) is 0 Å². The fourth-order valence-electron chi connectivity index (χ4n) is 2.04. The van der Waals surface area contributed by atoms with Gasteiger partial charge in [0.15, 0.2) is 0 Å². The van der Waals surface area contributed by atoms with Gasteiger partial charge in [-0.1, -0.05) is 13.8 Å². The van der Waals surface area contributed by atoms with Crippen LogP contribution in [0.2, 0.25) is 0 Å². The quantitative estimate of drug-likeness (QED) is 0.718. The van der Waals surface area contributed by atoms with Crippen molar-refractivity contribution in [2.45, 2.75) is 26.3 Å². The second-order valence-electron chi connectivity index (χ2n) is 4.96. The van der Waals surface area contributed by atoms with Gasteiger partial charge >= 0.3 is 18.0 Å². The Morgan fingerprint density at radius 3 is 2.47 bits per heavy atom. The molecule has 1 saturated heterocycles. The number of methoxy groups -OCH3 is 1. The van der Waals surface area contributed by atoms with Crippen molar-refractivity contribution in [2.24, 2.45) is 11.8 Å². The zero-order valence-corrected chi connectivity index (χ0v) is 11.4. The monoisotopic (exact) mass is 272 g/mol. The first-order valence-electron chi connectivity index (χ1n) is 6.22. The summed E-state index contributed by atoms with van der Waals surface area (Å²) in [6.45, 7) is 4.14.